The number of ether oxygens (including phenoxy) is 1. The van der Waals surface area contributed by atoms with E-state index in [1.165, 1.54) is 6.07 Å². The molecule has 16 heavy (non-hydrogen) atoms. The lowest BCUT2D eigenvalue weighted by molar-refractivity contribution is 0.416. The first-order valence-corrected chi connectivity index (χ1v) is 5.49. The van der Waals surface area contributed by atoms with Gasteiger partial charge < -0.3 is 15.4 Å². The molecule has 1 aliphatic heterocycles. The third-order valence-electron chi connectivity index (χ3n) is 3.06. The minimum absolute atomic E-state index is 0.271. The van der Waals surface area contributed by atoms with Crippen molar-refractivity contribution in [3.63, 3.8) is 0 Å². The Balaban J connectivity index is 2.33. The summed E-state index contributed by atoms with van der Waals surface area (Å²) in [6, 6.07) is 3.01. The second kappa shape index (κ2) is 4.20. The zero-order valence-corrected chi connectivity index (χ0v) is 9.66. The largest absolute Gasteiger partial charge is 0.495 e. The van der Waals surface area contributed by atoms with Crippen molar-refractivity contribution in [2.24, 2.45) is 5.92 Å². The van der Waals surface area contributed by atoms with Crippen LogP contribution in [0, 0.1) is 11.7 Å². The molecule has 1 atom stereocenters. The van der Waals surface area contributed by atoms with Gasteiger partial charge in [0.15, 0.2) is 0 Å². The van der Waals surface area contributed by atoms with Gasteiger partial charge in [0, 0.05) is 25.2 Å². The number of benzene rings is 1. The second-order valence-corrected chi connectivity index (χ2v) is 4.39. The van der Waals surface area contributed by atoms with Crippen molar-refractivity contribution >= 4 is 11.4 Å². The number of methoxy groups -OCH3 is 1. The minimum Gasteiger partial charge on any atom is -0.495 e. The van der Waals surface area contributed by atoms with E-state index >= 15 is 0 Å². The molecule has 1 aromatic carbocycles. The molecule has 0 aliphatic carbocycles. The van der Waals surface area contributed by atoms with Gasteiger partial charge in [-0.05, 0) is 12.3 Å². The van der Waals surface area contributed by atoms with Crippen LogP contribution in [0.4, 0.5) is 15.8 Å². The van der Waals surface area contributed by atoms with E-state index in [4.69, 9.17) is 10.5 Å². The molecule has 1 saturated heterocycles. The maximum Gasteiger partial charge on any atom is 0.148 e. The summed E-state index contributed by atoms with van der Waals surface area (Å²) in [4.78, 5) is 2.04. The van der Waals surface area contributed by atoms with Crippen LogP contribution in [0.5, 0.6) is 5.75 Å². The molecular weight excluding hydrogens is 207 g/mol. The van der Waals surface area contributed by atoms with Crippen molar-refractivity contribution in [1.29, 1.82) is 0 Å². The van der Waals surface area contributed by atoms with Crippen molar-refractivity contribution in [3.05, 3.63) is 17.9 Å². The fraction of sp³-hybridized carbons (Fsp3) is 0.500. The zero-order valence-electron chi connectivity index (χ0n) is 9.66. The first kappa shape index (κ1) is 11.0. The van der Waals surface area contributed by atoms with E-state index in [1.807, 2.05) is 4.90 Å². The van der Waals surface area contributed by atoms with Gasteiger partial charge >= 0.3 is 0 Å². The van der Waals surface area contributed by atoms with Crippen LogP contribution in [-0.4, -0.2) is 20.2 Å². The first-order valence-electron chi connectivity index (χ1n) is 5.49. The molecule has 2 rings (SSSR count). The highest BCUT2D eigenvalue weighted by Crippen LogP contribution is 2.33. The summed E-state index contributed by atoms with van der Waals surface area (Å²) in [6.45, 7) is 3.96. The van der Waals surface area contributed by atoms with Gasteiger partial charge in [-0.25, -0.2) is 4.39 Å². The normalized spacial score (nSPS) is 20.2. The van der Waals surface area contributed by atoms with Crippen LogP contribution in [-0.2, 0) is 0 Å². The van der Waals surface area contributed by atoms with Crippen molar-refractivity contribution in [1.82, 2.24) is 0 Å². The highest BCUT2D eigenvalue weighted by molar-refractivity contribution is 5.63. The van der Waals surface area contributed by atoms with Gasteiger partial charge in [-0.15, -0.1) is 0 Å². The number of hydrogen-bond acceptors (Lipinski definition) is 3. The van der Waals surface area contributed by atoms with Crippen LogP contribution in [0.2, 0.25) is 0 Å². The molecule has 1 aromatic rings. The van der Waals surface area contributed by atoms with Crippen LogP contribution in [0.1, 0.15) is 13.3 Å². The van der Waals surface area contributed by atoms with Gasteiger partial charge in [-0.1, -0.05) is 6.92 Å². The molecule has 88 valence electrons. The molecule has 4 heteroatoms. The lowest BCUT2D eigenvalue weighted by Crippen LogP contribution is -2.20. The fourth-order valence-corrected chi connectivity index (χ4v) is 2.13. The van der Waals surface area contributed by atoms with Gasteiger partial charge in [-0.3, -0.25) is 0 Å². The predicted octanol–water partition coefficient (Wildman–Crippen LogP) is 2.26. The molecule has 0 saturated carbocycles. The Morgan fingerprint density at radius 3 is 2.81 bits per heavy atom. The summed E-state index contributed by atoms with van der Waals surface area (Å²) >= 11 is 0. The predicted molar refractivity (Wildman–Crippen MR) is 63.4 cm³/mol. The standard InChI is InChI=1S/C12H17FN2O/c1-8-3-4-15(7-8)11-6-12(16-2)10(14)5-9(11)13/h5-6,8H,3-4,7,14H2,1-2H3. The molecule has 1 unspecified atom stereocenters. The van der Waals surface area contributed by atoms with E-state index in [2.05, 4.69) is 6.92 Å². The Hall–Kier alpha value is -1.45. The molecule has 2 N–H and O–H groups in total. The van der Waals surface area contributed by atoms with Gasteiger partial charge in [-0.2, -0.15) is 0 Å². The average Bonchev–Trinajstić information content (AvgIpc) is 2.65. The van der Waals surface area contributed by atoms with E-state index in [9.17, 15) is 4.39 Å². The van der Waals surface area contributed by atoms with Crippen molar-refractivity contribution in [2.75, 3.05) is 30.8 Å². The lowest BCUT2D eigenvalue weighted by atomic mass is 10.2. The number of nitrogen functional groups attached to an aromatic ring is 1. The monoisotopic (exact) mass is 224 g/mol. The van der Waals surface area contributed by atoms with Crippen molar-refractivity contribution in [3.8, 4) is 5.75 Å². The Labute approximate surface area is 95.0 Å². The van der Waals surface area contributed by atoms with Gasteiger partial charge in [0.2, 0.25) is 0 Å². The van der Waals surface area contributed by atoms with E-state index in [1.54, 1.807) is 13.2 Å². The Morgan fingerprint density at radius 1 is 1.50 bits per heavy atom. The summed E-state index contributed by atoms with van der Waals surface area (Å²) in [5.74, 6) is 0.881. The van der Waals surface area contributed by atoms with Crippen LogP contribution in [0.3, 0.4) is 0 Å². The molecule has 0 aromatic heterocycles. The fourth-order valence-electron chi connectivity index (χ4n) is 2.13. The molecule has 0 radical (unpaired) electrons. The summed E-state index contributed by atoms with van der Waals surface area (Å²) in [5.41, 5.74) is 6.58. The van der Waals surface area contributed by atoms with E-state index < -0.39 is 0 Å². The van der Waals surface area contributed by atoms with Gasteiger partial charge in [0.25, 0.3) is 0 Å². The van der Waals surface area contributed by atoms with Crippen LogP contribution >= 0.6 is 0 Å². The molecule has 0 bridgehead atoms. The highest BCUT2D eigenvalue weighted by atomic mass is 19.1. The zero-order chi connectivity index (χ0) is 11.7. The number of nitrogens with two attached hydrogens (primary N) is 1. The molecule has 1 heterocycles. The third-order valence-corrected chi connectivity index (χ3v) is 3.06. The molecule has 3 nitrogen and oxygen atoms in total. The summed E-state index contributed by atoms with van der Waals surface area (Å²) in [7, 11) is 1.54. The minimum atomic E-state index is -0.271. The number of nitrogens with zero attached hydrogens (tertiary/aromatic N) is 1. The van der Waals surface area contributed by atoms with E-state index in [0.29, 0.717) is 23.0 Å². The quantitative estimate of drug-likeness (QED) is 0.783. The molecule has 1 aliphatic rings. The third kappa shape index (κ3) is 1.92. The average molecular weight is 224 g/mol. The van der Waals surface area contributed by atoms with Crippen molar-refractivity contribution in [2.45, 2.75) is 13.3 Å². The molecule has 1 fully saturated rings. The SMILES string of the molecule is COc1cc(N2CCC(C)C2)c(F)cc1N. The Morgan fingerprint density at radius 2 is 2.25 bits per heavy atom. The maximum atomic E-state index is 13.8. The molecule has 0 amide bonds. The summed E-state index contributed by atoms with van der Waals surface area (Å²) < 4.78 is 18.9. The van der Waals surface area contributed by atoms with Crippen molar-refractivity contribution < 1.29 is 9.13 Å². The number of hydrogen-bond donors (Lipinski definition) is 1. The number of halogens is 1. The Kier molecular flexibility index (Phi) is 2.90. The first-order chi connectivity index (χ1) is 7.61. The van der Waals surface area contributed by atoms with Gasteiger partial charge in [0.1, 0.15) is 11.6 Å². The topological polar surface area (TPSA) is 38.5 Å². The van der Waals surface area contributed by atoms with Crippen LogP contribution in [0.15, 0.2) is 12.1 Å². The smallest absolute Gasteiger partial charge is 0.148 e. The summed E-state index contributed by atoms with van der Waals surface area (Å²) in [6.07, 6.45) is 1.10. The molecular formula is C12H17FN2O. The summed E-state index contributed by atoms with van der Waals surface area (Å²) in [5, 5.41) is 0. The molecule has 0 spiro atoms. The highest BCUT2D eigenvalue weighted by Gasteiger charge is 2.22. The lowest BCUT2D eigenvalue weighted by Gasteiger charge is -2.20. The second-order valence-electron chi connectivity index (χ2n) is 4.39. The maximum absolute atomic E-state index is 13.8. The Bertz CT molecular complexity index is 395. The van der Waals surface area contributed by atoms with Crippen LogP contribution < -0.4 is 15.4 Å². The van der Waals surface area contributed by atoms with Gasteiger partial charge in [0.05, 0.1) is 18.5 Å². The number of rotatable bonds is 2. The number of anilines is 2. The van der Waals surface area contributed by atoms with E-state index in [-0.39, 0.29) is 5.82 Å². The van der Waals surface area contributed by atoms with E-state index in [0.717, 1.165) is 19.5 Å². The van der Waals surface area contributed by atoms with Crippen LogP contribution in [0.25, 0.3) is 0 Å².